The summed E-state index contributed by atoms with van der Waals surface area (Å²) < 4.78 is 5.41. The van der Waals surface area contributed by atoms with E-state index in [1.807, 2.05) is 11.8 Å². The van der Waals surface area contributed by atoms with Crippen molar-refractivity contribution in [2.24, 2.45) is 5.84 Å². The number of benzene rings is 1. The van der Waals surface area contributed by atoms with Crippen molar-refractivity contribution < 1.29 is 4.74 Å². The molecule has 0 radical (unpaired) electrons. The van der Waals surface area contributed by atoms with Gasteiger partial charge in [0.05, 0.1) is 13.2 Å². The van der Waals surface area contributed by atoms with Gasteiger partial charge in [-0.3, -0.25) is 11.3 Å². The van der Waals surface area contributed by atoms with Crippen LogP contribution >= 0.6 is 23.5 Å². The predicted octanol–water partition coefficient (Wildman–Crippen LogP) is 3.44. The highest BCUT2D eigenvalue weighted by atomic mass is 32.2. The Kier molecular flexibility index (Phi) is 5.88. The lowest BCUT2D eigenvalue weighted by atomic mass is 9.96. The minimum absolute atomic E-state index is 0.182. The number of thioether (sulfide) groups is 2. The Morgan fingerprint density at radius 3 is 2.52 bits per heavy atom. The van der Waals surface area contributed by atoms with E-state index in [-0.39, 0.29) is 6.04 Å². The zero-order valence-corrected chi connectivity index (χ0v) is 15.1. The van der Waals surface area contributed by atoms with E-state index in [2.05, 4.69) is 57.0 Å². The molecule has 1 aliphatic rings. The van der Waals surface area contributed by atoms with Crippen molar-refractivity contribution in [3.8, 4) is 5.75 Å². The minimum Gasteiger partial charge on any atom is -0.496 e. The van der Waals surface area contributed by atoms with Gasteiger partial charge in [-0.1, -0.05) is 19.9 Å². The molecule has 1 aromatic rings. The summed E-state index contributed by atoms with van der Waals surface area (Å²) in [4.78, 5) is 0. The molecule has 4 atom stereocenters. The van der Waals surface area contributed by atoms with Gasteiger partial charge in [-0.05, 0) is 36.6 Å². The van der Waals surface area contributed by atoms with Gasteiger partial charge >= 0.3 is 0 Å². The lowest BCUT2D eigenvalue weighted by molar-refractivity contribution is 0.410. The number of nitrogens with two attached hydrogens (primary N) is 1. The summed E-state index contributed by atoms with van der Waals surface area (Å²) >= 11 is 4.10. The van der Waals surface area contributed by atoms with Gasteiger partial charge in [0, 0.05) is 21.5 Å². The molecule has 5 heteroatoms. The maximum atomic E-state index is 5.90. The molecule has 4 unspecified atom stereocenters. The molecule has 0 spiro atoms. The van der Waals surface area contributed by atoms with Crippen LogP contribution in [-0.2, 0) is 0 Å². The van der Waals surface area contributed by atoms with E-state index in [1.54, 1.807) is 7.11 Å². The molecule has 1 aromatic carbocycles. The largest absolute Gasteiger partial charge is 0.496 e. The molecular formula is C16H26N2OS2. The molecule has 1 saturated heterocycles. The molecule has 0 aliphatic carbocycles. The van der Waals surface area contributed by atoms with Crippen LogP contribution in [0.3, 0.4) is 0 Å². The smallest absolute Gasteiger partial charge is 0.122 e. The summed E-state index contributed by atoms with van der Waals surface area (Å²) in [6.45, 7) is 8.84. The van der Waals surface area contributed by atoms with E-state index in [9.17, 15) is 0 Å². The highest BCUT2D eigenvalue weighted by Crippen LogP contribution is 2.42. The molecule has 1 aliphatic heterocycles. The summed E-state index contributed by atoms with van der Waals surface area (Å²) in [5.74, 6) is 7.98. The number of hydrogen-bond donors (Lipinski definition) is 2. The number of ether oxygens (including phenoxy) is 1. The zero-order valence-electron chi connectivity index (χ0n) is 13.5. The Morgan fingerprint density at radius 2 is 1.95 bits per heavy atom. The third-order valence-electron chi connectivity index (χ3n) is 4.24. The van der Waals surface area contributed by atoms with Crippen molar-refractivity contribution in [1.29, 1.82) is 0 Å². The number of methoxy groups -OCH3 is 1. The summed E-state index contributed by atoms with van der Waals surface area (Å²) in [5, 5.41) is 1.87. The average Bonchev–Trinajstić information content (AvgIpc) is 2.46. The van der Waals surface area contributed by atoms with E-state index in [0.717, 1.165) is 17.1 Å². The molecule has 1 fully saturated rings. The molecule has 118 valence electrons. The molecule has 1 heterocycles. The maximum Gasteiger partial charge on any atom is 0.122 e. The summed E-state index contributed by atoms with van der Waals surface area (Å²) in [6.07, 6.45) is 0. The van der Waals surface area contributed by atoms with Crippen LogP contribution in [0.4, 0.5) is 0 Å². The van der Waals surface area contributed by atoms with Crippen molar-refractivity contribution in [3.63, 3.8) is 0 Å². The van der Waals surface area contributed by atoms with Gasteiger partial charge in [0.15, 0.2) is 0 Å². The lowest BCUT2D eigenvalue weighted by Crippen LogP contribution is -2.40. The zero-order chi connectivity index (χ0) is 15.6. The average molecular weight is 327 g/mol. The van der Waals surface area contributed by atoms with Crippen LogP contribution in [0, 0.1) is 13.8 Å². The topological polar surface area (TPSA) is 47.3 Å². The third kappa shape index (κ3) is 3.70. The molecule has 2 rings (SSSR count). The normalized spacial score (nSPS) is 27.4. The summed E-state index contributed by atoms with van der Waals surface area (Å²) in [6, 6.07) is 4.51. The fraction of sp³-hybridized carbons (Fsp3) is 0.625. The summed E-state index contributed by atoms with van der Waals surface area (Å²) in [7, 11) is 1.72. The second-order valence-corrected chi connectivity index (χ2v) is 8.77. The molecule has 0 amide bonds. The highest BCUT2D eigenvalue weighted by molar-refractivity contribution is 8.07. The van der Waals surface area contributed by atoms with Gasteiger partial charge < -0.3 is 4.74 Å². The SMILES string of the molecule is COc1cc(C)c(C(NN)C2CSC(C)C(C)S2)cc1C. The molecule has 3 N–H and O–H groups in total. The van der Waals surface area contributed by atoms with Crippen LogP contribution in [0.15, 0.2) is 12.1 Å². The molecule has 21 heavy (non-hydrogen) atoms. The van der Waals surface area contributed by atoms with Crippen LogP contribution < -0.4 is 16.0 Å². The van der Waals surface area contributed by atoms with Crippen molar-refractivity contribution in [1.82, 2.24) is 5.43 Å². The van der Waals surface area contributed by atoms with Crippen LogP contribution in [0.1, 0.15) is 36.6 Å². The Hall–Kier alpha value is -0.360. The van der Waals surface area contributed by atoms with E-state index in [1.165, 1.54) is 11.1 Å². The van der Waals surface area contributed by atoms with E-state index in [0.29, 0.717) is 15.7 Å². The number of nitrogens with one attached hydrogen (secondary N) is 1. The van der Waals surface area contributed by atoms with Gasteiger partial charge in [-0.25, -0.2) is 0 Å². The first-order valence-electron chi connectivity index (χ1n) is 7.36. The number of aryl methyl sites for hydroxylation is 2. The first kappa shape index (κ1) is 17.0. The van der Waals surface area contributed by atoms with Crippen molar-refractivity contribution >= 4 is 23.5 Å². The van der Waals surface area contributed by atoms with Crippen molar-refractivity contribution in [2.45, 2.75) is 49.5 Å². The van der Waals surface area contributed by atoms with Crippen molar-refractivity contribution in [2.75, 3.05) is 12.9 Å². The number of rotatable bonds is 4. The Labute approximate surface area is 136 Å². The van der Waals surface area contributed by atoms with Crippen LogP contribution in [0.5, 0.6) is 5.75 Å². The Bertz CT molecular complexity index is 495. The predicted molar refractivity (Wildman–Crippen MR) is 95.3 cm³/mol. The van der Waals surface area contributed by atoms with E-state index in [4.69, 9.17) is 10.6 Å². The standard InChI is InChI=1S/C16H26N2OS2/c1-9-7-14(19-5)10(2)6-13(9)16(18-17)15-8-20-11(3)12(4)21-15/h6-7,11-12,15-16,18H,8,17H2,1-5H3. The molecule has 0 aromatic heterocycles. The third-order valence-corrected chi connectivity index (χ3v) is 7.74. The first-order valence-corrected chi connectivity index (χ1v) is 9.35. The fourth-order valence-corrected chi connectivity index (χ4v) is 5.84. The fourth-order valence-electron chi connectivity index (χ4n) is 2.75. The quantitative estimate of drug-likeness (QED) is 0.655. The number of hydrogen-bond acceptors (Lipinski definition) is 5. The highest BCUT2D eigenvalue weighted by Gasteiger charge is 2.32. The van der Waals surface area contributed by atoms with Gasteiger partial charge in [-0.15, -0.1) is 0 Å². The Balaban J connectivity index is 2.27. The van der Waals surface area contributed by atoms with Crippen LogP contribution in [0.25, 0.3) is 0 Å². The molecular weight excluding hydrogens is 300 g/mol. The molecule has 0 saturated carbocycles. The Morgan fingerprint density at radius 1 is 1.24 bits per heavy atom. The molecule has 0 bridgehead atoms. The number of hydrazine groups is 1. The van der Waals surface area contributed by atoms with Crippen LogP contribution in [0.2, 0.25) is 0 Å². The van der Waals surface area contributed by atoms with Gasteiger partial charge in [0.1, 0.15) is 5.75 Å². The second-order valence-electron chi connectivity index (χ2n) is 5.74. The molecule has 3 nitrogen and oxygen atoms in total. The van der Waals surface area contributed by atoms with Gasteiger partial charge in [0.2, 0.25) is 0 Å². The minimum atomic E-state index is 0.182. The lowest BCUT2D eigenvalue weighted by Gasteiger charge is -2.36. The monoisotopic (exact) mass is 326 g/mol. The van der Waals surface area contributed by atoms with Crippen LogP contribution in [-0.4, -0.2) is 28.6 Å². The summed E-state index contributed by atoms with van der Waals surface area (Å²) in [5.41, 5.74) is 6.74. The van der Waals surface area contributed by atoms with E-state index < -0.39 is 0 Å². The van der Waals surface area contributed by atoms with Crippen molar-refractivity contribution in [3.05, 3.63) is 28.8 Å². The second kappa shape index (κ2) is 7.27. The van der Waals surface area contributed by atoms with Gasteiger partial charge in [-0.2, -0.15) is 23.5 Å². The van der Waals surface area contributed by atoms with E-state index >= 15 is 0 Å². The maximum absolute atomic E-state index is 5.90. The van der Waals surface area contributed by atoms with Gasteiger partial charge in [0.25, 0.3) is 0 Å². The first-order chi connectivity index (χ1) is 9.97.